The molecule has 0 radical (unpaired) electrons. The second-order valence-electron chi connectivity index (χ2n) is 4.19. The quantitative estimate of drug-likeness (QED) is 0.836. The zero-order valence-corrected chi connectivity index (χ0v) is 9.89. The van der Waals surface area contributed by atoms with Gasteiger partial charge >= 0.3 is 6.03 Å². The Kier molecular flexibility index (Phi) is 4.87. The molecule has 0 aliphatic carbocycles. The van der Waals surface area contributed by atoms with E-state index in [0.717, 1.165) is 18.6 Å². The molecule has 94 valence electrons. The van der Waals surface area contributed by atoms with Crippen LogP contribution in [-0.4, -0.2) is 12.6 Å². The first-order chi connectivity index (χ1) is 7.99. The van der Waals surface area contributed by atoms with Crippen molar-refractivity contribution >= 4 is 11.7 Å². The minimum Gasteiger partial charge on any atom is -0.338 e. The highest BCUT2D eigenvalue weighted by molar-refractivity contribution is 5.89. The Morgan fingerprint density at radius 2 is 2.06 bits per heavy atom. The van der Waals surface area contributed by atoms with E-state index >= 15 is 0 Å². The predicted octanol–water partition coefficient (Wildman–Crippen LogP) is 3.13. The third-order valence-electron chi connectivity index (χ3n) is 2.19. The minimum absolute atomic E-state index is 0.0338. The van der Waals surface area contributed by atoms with Crippen molar-refractivity contribution in [3.8, 4) is 0 Å². The molecule has 0 aliphatic rings. The van der Waals surface area contributed by atoms with Crippen molar-refractivity contribution in [2.24, 2.45) is 5.92 Å². The maximum Gasteiger partial charge on any atom is 0.319 e. The predicted molar refractivity (Wildman–Crippen MR) is 62.8 cm³/mol. The van der Waals surface area contributed by atoms with E-state index in [1.54, 1.807) is 0 Å². The van der Waals surface area contributed by atoms with Gasteiger partial charge in [0.05, 0.1) is 5.69 Å². The van der Waals surface area contributed by atoms with Gasteiger partial charge in [-0.05, 0) is 24.5 Å². The third-order valence-corrected chi connectivity index (χ3v) is 2.19. The lowest BCUT2D eigenvalue weighted by Crippen LogP contribution is -2.30. The first-order valence-electron chi connectivity index (χ1n) is 5.49. The van der Waals surface area contributed by atoms with E-state index in [1.807, 2.05) is 13.8 Å². The van der Waals surface area contributed by atoms with Crippen LogP contribution in [0.5, 0.6) is 0 Å². The molecule has 0 atom stereocenters. The molecule has 1 aromatic rings. The Bertz CT molecular complexity index is 394. The normalized spacial score (nSPS) is 10.4. The van der Waals surface area contributed by atoms with Crippen LogP contribution in [0.1, 0.15) is 20.3 Å². The highest BCUT2D eigenvalue weighted by Gasteiger charge is 2.07. The number of halogens is 2. The number of benzene rings is 1. The van der Waals surface area contributed by atoms with Crippen molar-refractivity contribution in [1.29, 1.82) is 0 Å². The van der Waals surface area contributed by atoms with E-state index < -0.39 is 17.7 Å². The lowest BCUT2D eigenvalue weighted by Gasteiger charge is -2.09. The van der Waals surface area contributed by atoms with Crippen LogP contribution in [0.25, 0.3) is 0 Å². The summed E-state index contributed by atoms with van der Waals surface area (Å²) in [6, 6.07) is 2.51. The molecule has 1 rings (SSSR count). The molecule has 2 amide bonds. The van der Waals surface area contributed by atoms with E-state index in [2.05, 4.69) is 10.6 Å². The average molecular weight is 242 g/mol. The molecular weight excluding hydrogens is 226 g/mol. The van der Waals surface area contributed by atoms with Gasteiger partial charge in [-0.2, -0.15) is 0 Å². The Balaban J connectivity index is 2.45. The van der Waals surface area contributed by atoms with E-state index in [9.17, 15) is 13.6 Å². The first kappa shape index (κ1) is 13.4. The summed E-state index contributed by atoms with van der Waals surface area (Å²) in [5.41, 5.74) is -0.0338. The Hall–Kier alpha value is -1.65. The van der Waals surface area contributed by atoms with E-state index in [1.165, 1.54) is 6.07 Å². The van der Waals surface area contributed by atoms with E-state index in [-0.39, 0.29) is 5.69 Å². The molecule has 0 fully saturated rings. The van der Waals surface area contributed by atoms with Crippen molar-refractivity contribution in [2.75, 3.05) is 11.9 Å². The molecule has 3 nitrogen and oxygen atoms in total. The molecule has 5 heteroatoms. The highest BCUT2D eigenvalue weighted by Crippen LogP contribution is 2.14. The van der Waals surface area contributed by atoms with Crippen molar-refractivity contribution in [3.05, 3.63) is 29.8 Å². The largest absolute Gasteiger partial charge is 0.338 e. The lowest BCUT2D eigenvalue weighted by molar-refractivity contribution is 0.251. The van der Waals surface area contributed by atoms with Gasteiger partial charge < -0.3 is 10.6 Å². The standard InChI is InChI=1S/C12H16F2N2O/c1-8(2)5-6-15-12(17)16-11-4-3-9(13)7-10(11)14/h3-4,7-8H,5-6H2,1-2H3,(H2,15,16,17). The molecule has 0 aliphatic heterocycles. The smallest absolute Gasteiger partial charge is 0.319 e. The summed E-state index contributed by atoms with van der Waals surface area (Å²) in [6.45, 7) is 4.60. The van der Waals surface area contributed by atoms with Crippen molar-refractivity contribution in [1.82, 2.24) is 5.32 Å². The third kappa shape index (κ3) is 4.80. The summed E-state index contributed by atoms with van der Waals surface area (Å²) in [5, 5.41) is 4.91. The van der Waals surface area contributed by atoms with Gasteiger partial charge in [-0.25, -0.2) is 13.6 Å². The summed E-state index contributed by atoms with van der Waals surface area (Å²) < 4.78 is 25.8. The number of nitrogens with one attached hydrogen (secondary N) is 2. The fourth-order valence-corrected chi connectivity index (χ4v) is 1.23. The summed E-state index contributed by atoms with van der Waals surface area (Å²) in [7, 11) is 0. The molecule has 2 N–H and O–H groups in total. The summed E-state index contributed by atoms with van der Waals surface area (Å²) >= 11 is 0. The van der Waals surface area contributed by atoms with Gasteiger partial charge in [-0.3, -0.25) is 0 Å². The Morgan fingerprint density at radius 1 is 1.35 bits per heavy atom. The van der Waals surface area contributed by atoms with Crippen molar-refractivity contribution in [3.63, 3.8) is 0 Å². The van der Waals surface area contributed by atoms with Crippen molar-refractivity contribution < 1.29 is 13.6 Å². The number of urea groups is 1. The second kappa shape index (κ2) is 6.18. The Labute approximate surface area is 99.2 Å². The van der Waals surface area contributed by atoms with Gasteiger partial charge in [-0.15, -0.1) is 0 Å². The number of hydrogen-bond acceptors (Lipinski definition) is 1. The number of amides is 2. The van der Waals surface area contributed by atoms with Crippen LogP contribution in [0, 0.1) is 17.6 Å². The van der Waals surface area contributed by atoms with Crippen LogP contribution in [0.3, 0.4) is 0 Å². The molecule has 0 aromatic heterocycles. The van der Waals surface area contributed by atoms with E-state index in [4.69, 9.17) is 0 Å². The van der Waals surface area contributed by atoms with Gasteiger partial charge in [0.2, 0.25) is 0 Å². The fourth-order valence-electron chi connectivity index (χ4n) is 1.23. The van der Waals surface area contributed by atoms with Crippen molar-refractivity contribution in [2.45, 2.75) is 20.3 Å². The molecule has 17 heavy (non-hydrogen) atoms. The zero-order valence-electron chi connectivity index (χ0n) is 9.89. The minimum atomic E-state index is -0.788. The summed E-state index contributed by atoms with van der Waals surface area (Å²) in [4.78, 5) is 11.3. The molecule has 0 heterocycles. The number of hydrogen-bond donors (Lipinski definition) is 2. The van der Waals surface area contributed by atoms with Crippen LogP contribution in [-0.2, 0) is 0 Å². The van der Waals surface area contributed by atoms with Gasteiger partial charge in [0.1, 0.15) is 11.6 Å². The summed E-state index contributed by atoms with van der Waals surface area (Å²) in [6.07, 6.45) is 0.847. The van der Waals surface area contributed by atoms with Gasteiger partial charge in [0, 0.05) is 12.6 Å². The lowest BCUT2D eigenvalue weighted by atomic mass is 10.1. The second-order valence-corrected chi connectivity index (χ2v) is 4.19. The van der Waals surface area contributed by atoms with Gasteiger partial charge in [0.25, 0.3) is 0 Å². The number of anilines is 1. The number of rotatable bonds is 4. The van der Waals surface area contributed by atoms with Crippen LogP contribution < -0.4 is 10.6 Å². The first-order valence-corrected chi connectivity index (χ1v) is 5.49. The maximum absolute atomic E-state index is 13.2. The average Bonchev–Trinajstić information content (AvgIpc) is 2.21. The van der Waals surface area contributed by atoms with E-state index in [0.29, 0.717) is 12.5 Å². The molecule has 0 unspecified atom stereocenters. The topological polar surface area (TPSA) is 41.1 Å². The summed E-state index contributed by atoms with van der Waals surface area (Å²) in [5.74, 6) is -0.977. The van der Waals surface area contributed by atoms with Crippen LogP contribution >= 0.6 is 0 Å². The van der Waals surface area contributed by atoms with Crippen LogP contribution in [0.2, 0.25) is 0 Å². The Morgan fingerprint density at radius 3 is 2.65 bits per heavy atom. The number of carbonyl (C=O) groups excluding carboxylic acids is 1. The fraction of sp³-hybridized carbons (Fsp3) is 0.417. The number of carbonyl (C=O) groups is 1. The maximum atomic E-state index is 13.2. The monoisotopic (exact) mass is 242 g/mol. The van der Waals surface area contributed by atoms with Crippen LogP contribution in [0.15, 0.2) is 18.2 Å². The molecule has 0 spiro atoms. The molecule has 1 aromatic carbocycles. The van der Waals surface area contributed by atoms with Gasteiger partial charge in [-0.1, -0.05) is 13.8 Å². The molecular formula is C12H16F2N2O. The van der Waals surface area contributed by atoms with Gasteiger partial charge in [0.15, 0.2) is 0 Å². The molecule has 0 bridgehead atoms. The zero-order chi connectivity index (χ0) is 12.8. The molecule has 0 saturated heterocycles. The van der Waals surface area contributed by atoms with Crippen LogP contribution in [0.4, 0.5) is 19.3 Å². The molecule has 0 saturated carbocycles. The SMILES string of the molecule is CC(C)CCNC(=O)Nc1ccc(F)cc1F. The highest BCUT2D eigenvalue weighted by atomic mass is 19.1.